The Balaban J connectivity index is 3.96. The van der Waals surface area contributed by atoms with Crippen LogP contribution < -0.4 is 17.2 Å². The molecule has 1 atom stereocenters. The molecule has 0 heterocycles. The van der Waals surface area contributed by atoms with Crippen LogP contribution in [0.2, 0.25) is 0 Å². The van der Waals surface area contributed by atoms with Crippen LogP contribution in [-0.4, -0.2) is 24.3 Å². The van der Waals surface area contributed by atoms with Gasteiger partial charge in [-0.1, -0.05) is 13.8 Å². The van der Waals surface area contributed by atoms with Gasteiger partial charge in [-0.25, -0.2) is 0 Å². The summed E-state index contributed by atoms with van der Waals surface area (Å²) in [5.41, 5.74) is 15.7. The van der Waals surface area contributed by atoms with Crippen LogP contribution in [0.25, 0.3) is 0 Å². The molecule has 0 spiro atoms. The van der Waals surface area contributed by atoms with Gasteiger partial charge in [0.1, 0.15) is 0 Å². The third-order valence-electron chi connectivity index (χ3n) is 1.41. The van der Waals surface area contributed by atoms with Crippen molar-refractivity contribution in [3.05, 3.63) is 0 Å². The molecule has 0 aliphatic carbocycles. The molecular weight excluding hydrogens is 156 g/mol. The van der Waals surface area contributed by atoms with Crippen LogP contribution >= 0.6 is 0 Å². The quantitative estimate of drug-likeness (QED) is 0.366. The summed E-state index contributed by atoms with van der Waals surface area (Å²) < 4.78 is 0. The van der Waals surface area contributed by atoms with Crippen LogP contribution in [0.15, 0.2) is 4.99 Å². The molecule has 0 aliphatic rings. The highest BCUT2D eigenvalue weighted by atomic mass is 16.1. The number of rotatable bonds is 4. The van der Waals surface area contributed by atoms with Crippen molar-refractivity contribution < 1.29 is 4.79 Å². The molecule has 0 rings (SSSR count). The average molecular weight is 172 g/mol. The predicted molar refractivity (Wildman–Crippen MR) is 48.5 cm³/mol. The van der Waals surface area contributed by atoms with E-state index in [1.807, 2.05) is 0 Å². The Kier molecular flexibility index (Phi) is 4.28. The number of guanidine groups is 1. The van der Waals surface area contributed by atoms with Gasteiger partial charge >= 0.3 is 0 Å². The van der Waals surface area contributed by atoms with Crippen LogP contribution in [0.1, 0.15) is 13.8 Å². The van der Waals surface area contributed by atoms with E-state index in [1.54, 1.807) is 13.8 Å². The number of aliphatic imine (C=N–C) groups is 1. The fourth-order valence-corrected chi connectivity index (χ4v) is 0.722. The van der Waals surface area contributed by atoms with Gasteiger partial charge in [-0.15, -0.1) is 0 Å². The number of nitrogens with zero attached hydrogens (tertiary/aromatic N) is 1. The average Bonchev–Trinajstić information content (AvgIpc) is 1.98. The summed E-state index contributed by atoms with van der Waals surface area (Å²) in [5.74, 6) is -0.142. The first kappa shape index (κ1) is 10.9. The molecule has 12 heavy (non-hydrogen) atoms. The zero-order valence-electron chi connectivity index (χ0n) is 7.45. The minimum Gasteiger partial charge on any atom is -0.370 e. The van der Waals surface area contributed by atoms with E-state index in [0.29, 0.717) is 0 Å². The second-order valence-electron chi connectivity index (χ2n) is 2.93. The minimum atomic E-state index is -0.591. The largest absolute Gasteiger partial charge is 0.370 e. The Morgan fingerprint density at radius 1 is 1.42 bits per heavy atom. The minimum absolute atomic E-state index is 0.0278. The summed E-state index contributed by atoms with van der Waals surface area (Å²) in [6, 6.07) is -0.591. The van der Waals surface area contributed by atoms with Gasteiger partial charge < -0.3 is 17.2 Å². The van der Waals surface area contributed by atoms with E-state index in [-0.39, 0.29) is 24.2 Å². The molecule has 0 amide bonds. The van der Waals surface area contributed by atoms with Crippen LogP contribution in [-0.2, 0) is 4.79 Å². The molecule has 6 N–H and O–H groups in total. The van der Waals surface area contributed by atoms with Gasteiger partial charge in [-0.2, -0.15) is 0 Å². The molecule has 0 aromatic carbocycles. The van der Waals surface area contributed by atoms with E-state index < -0.39 is 6.04 Å². The zero-order chi connectivity index (χ0) is 9.72. The maximum absolute atomic E-state index is 11.2. The Labute approximate surface area is 72.0 Å². The van der Waals surface area contributed by atoms with Gasteiger partial charge in [0, 0.05) is 5.92 Å². The molecule has 0 saturated carbocycles. The monoisotopic (exact) mass is 172 g/mol. The molecule has 70 valence electrons. The molecule has 0 aromatic rings. The van der Waals surface area contributed by atoms with E-state index in [0.717, 1.165) is 0 Å². The molecular formula is C7H16N4O. The SMILES string of the molecule is CC(C)C(=O)[C@H](N)CN=C(N)N. The summed E-state index contributed by atoms with van der Waals surface area (Å²) in [6.45, 7) is 3.74. The highest BCUT2D eigenvalue weighted by Gasteiger charge is 2.15. The first-order valence-corrected chi connectivity index (χ1v) is 3.79. The first-order chi connectivity index (χ1) is 5.45. The van der Waals surface area contributed by atoms with Crippen LogP contribution in [0.4, 0.5) is 0 Å². The molecule has 0 unspecified atom stereocenters. The van der Waals surface area contributed by atoms with Gasteiger partial charge in [-0.05, 0) is 0 Å². The molecule has 0 aromatic heterocycles. The third kappa shape index (κ3) is 3.92. The second-order valence-corrected chi connectivity index (χ2v) is 2.93. The van der Waals surface area contributed by atoms with E-state index >= 15 is 0 Å². The molecule has 5 nitrogen and oxygen atoms in total. The maximum atomic E-state index is 11.2. The normalized spacial score (nSPS) is 12.7. The molecule has 0 fully saturated rings. The van der Waals surface area contributed by atoms with Gasteiger partial charge in [0.15, 0.2) is 11.7 Å². The molecule has 0 aliphatic heterocycles. The van der Waals surface area contributed by atoms with Crippen molar-refractivity contribution >= 4 is 11.7 Å². The van der Waals surface area contributed by atoms with E-state index in [1.165, 1.54) is 0 Å². The number of Topliss-reactive ketones (excluding diaryl/α,β-unsaturated/α-hetero) is 1. The number of carbonyl (C=O) groups is 1. The Morgan fingerprint density at radius 2 is 1.92 bits per heavy atom. The van der Waals surface area contributed by atoms with Crippen LogP contribution in [0.5, 0.6) is 0 Å². The lowest BCUT2D eigenvalue weighted by Gasteiger charge is -2.09. The van der Waals surface area contributed by atoms with Crippen molar-refractivity contribution in [3.63, 3.8) is 0 Å². The lowest BCUT2D eigenvalue weighted by Crippen LogP contribution is -2.37. The lowest BCUT2D eigenvalue weighted by atomic mass is 10.0. The molecule has 5 heteroatoms. The van der Waals surface area contributed by atoms with Crippen molar-refractivity contribution in [1.29, 1.82) is 0 Å². The highest BCUT2D eigenvalue weighted by Crippen LogP contribution is 1.97. The van der Waals surface area contributed by atoms with Crippen LogP contribution in [0, 0.1) is 5.92 Å². The fourth-order valence-electron chi connectivity index (χ4n) is 0.722. The van der Waals surface area contributed by atoms with Gasteiger partial charge in [0.25, 0.3) is 0 Å². The summed E-state index contributed by atoms with van der Waals surface area (Å²) >= 11 is 0. The van der Waals surface area contributed by atoms with Crippen molar-refractivity contribution in [3.8, 4) is 0 Å². The lowest BCUT2D eigenvalue weighted by molar-refractivity contribution is -0.122. The number of hydrogen-bond acceptors (Lipinski definition) is 3. The smallest absolute Gasteiger partial charge is 0.185 e. The molecule has 0 radical (unpaired) electrons. The van der Waals surface area contributed by atoms with E-state index in [9.17, 15) is 4.79 Å². The van der Waals surface area contributed by atoms with Crippen molar-refractivity contribution in [2.24, 2.45) is 28.1 Å². The molecule has 0 saturated heterocycles. The topological polar surface area (TPSA) is 107 Å². The Hall–Kier alpha value is -1.10. The second kappa shape index (κ2) is 4.71. The Bertz CT molecular complexity index is 184. The molecule has 0 bridgehead atoms. The number of hydrogen-bond donors (Lipinski definition) is 3. The Morgan fingerprint density at radius 3 is 2.25 bits per heavy atom. The van der Waals surface area contributed by atoms with Gasteiger partial charge in [0.2, 0.25) is 0 Å². The summed E-state index contributed by atoms with van der Waals surface area (Å²) in [5, 5.41) is 0. The van der Waals surface area contributed by atoms with Crippen LogP contribution in [0.3, 0.4) is 0 Å². The van der Waals surface area contributed by atoms with E-state index in [4.69, 9.17) is 17.2 Å². The predicted octanol–water partition coefficient (Wildman–Crippen LogP) is -1.19. The van der Waals surface area contributed by atoms with Crippen molar-refractivity contribution in [2.45, 2.75) is 19.9 Å². The summed E-state index contributed by atoms with van der Waals surface area (Å²) in [4.78, 5) is 14.8. The summed E-state index contributed by atoms with van der Waals surface area (Å²) in [7, 11) is 0. The maximum Gasteiger partial charge on any atom is 0.185 e. The van der Waals surface area contributed by atoms with Crippen molar-refractivity contribution in [1.82, 2.24) is 0 Å². The number of carbonyl (C=O) groups excluding carboxylic acids is 1. The zero-order valence-corrected chi connectivity index (χ0v) is 7.45. The number of ketones is 1. The summed E-state index contributed by atoms with van der Waals surface area (Å²) in [6.07, 6.45) is 0. The van der Waals surface area contributed by atoms with Crippen molar-refractivity contribution in [2.75, 3.05) is 6.54 Å². The van der Waals surface area contributed by atoms with E-state index in [2.05, 4.69) is 4.99 Å². The number of nitrogens with two attached hydrogens (primary N) is 3. The highest BCUT2D eigenvalue weighted by molar-refractivity contribution is 5.86. The fraction of sp³-hybridized carbons (Fsp3) is 0.714. The first-order valence-electron chi connectivity index (χ1n) is 3.79. The van der Waals surface area contributed by atoms with Gasteiger partial charge in [0.05, 0.1) is 12.6 Å². The third-order valence-corrected chi connectivity index (χ3v) is 1.41. The standard InChI is InChI=1S/C7H16N4O/c1-4(2)6(12)5(8)3-11-7(9)10/h4-5H,3,8H2,1-2H3,(H4,9,10,11)/t5-/m1/s1. The van der Waals surface area contributed by atoms with Gasteiger partial charge in [-0.3, -0.25) is 9.79 Å².